The number of nitriles is 1. The number of hydrogen-bond acceptors (Lipinski definition) is 1. The smallest absolute Gasteiger partial charge is 0.244 e. The third kappa shape index (κ3) is 3.88. The van der Waals surface area contributed by atoms with Crippen LogP contribution in [-0.4, -0.2) is 15.8 Å². The fraction of sp³-hybridized carbons (Fsp3) is 0.0189. The van der Waals surface area contributed by atoms with Gasteiger partial charge in [-0.2, -0.15) is 5.26 Å². The molecule has 2 aliphatic rings. The van der Waals surface area contributed by atoms with E-state index in [2.05, 4.69) is 160 Å². The first-order valence-electron chi connectivity index (χ1n) is 19.7. The lowest BCUT2D eigenvalue weighted by Gasteiger charge is -2.35. The maximum absolute atomic E-state index is 9.63. The maximum Gasteiger partial charge on any atom is 0.244 e. The number of para-hydroxylation sites is 2. The van der Waals surface area contributed by atoms with Crippen LogP contribution in [0.4, 0.5) is 5.69 Å². The average molecular weight is 733 g/mol. The molecule has 5 heteroatoms. The minimum absolute atomic E-state index is 0.0642. The minimum Gasteiger partial charge on any atom is -0.309 e. The molecule has 0 saturated heterocycles. The van der Waals surface area contributed by atoms with Crippen molar-refractivity contribution in [1.29, 1.82) is 5.26 Å². The number of rotatable bonds is 2. The van der Waals surface area contributed by atoms with E-state index in [1.165, 1.54) is 87.3 Å². The van der Waals surface area contributed by atoms with E-state index in [9.17, 15) is 5.26 Å². The lowest BCUT2D eigenvalue weighted by atomic mass is 9.31. The van der Waals surface area contributed by atoms with Gasteiger partial charge in [-0.25, -0.2) is 4.85 Å². The summed E-state index contributed by atoms with van der Waals surface area (Å²) in [6, 6.07) is 59.3. The van der Waals surface area contributed by atoms with Gasteiger partial charge in [0.05, 0.1) is 40.3 Å². The fourth-order valence-electron chi connectivity index (χ4n) is 10.8. The van der Waals surface area contributed by atoms with E-state index in [0.717, 1.165) is 33.4 Å². The quantitative estimate of drug-likeness (QED) is 0.129. The summed E-state index contributed by atoms with van der Waals surface area (Å²) in [5.74, 6) is 0. The lowest BCUT2D eigenvalue weighted by molar-refractivity contribution is 1.18. The number of benzene rings is 9. The zero-order valence-electron chi connectivity index (χ0n) is 31.4. The van der Waals surface area contributed by atoms with Crippen LogP contribution in [0, 0.1) is 24.8 Å². The Hall–Kier alpha value is -7.86. The van der Waals surface area contributed by atoms with Gasteiger partial charge in [0.1, 0.15) is 0 Å². The van der Waals surface area contributed by atoms with Crippen molar-refractivity contribution in [2.24, 2.45) is 0 Å². The predicted octanol–water partition coefficient (Wildman–Crippen LogP) is 11.4. The molecule has 9 aromatic carbocycles. The maximum atomic E-state index is 9.63. The number of aromatic nitrogens is 2. The van der Waals surface area contributed by atoms with Gasteiger partial charge in [0, 0.05) is 32.9 Å². The van der Waals surface area contributed by atoms with Gasteiger partial charge in [-0.15, -0.1) is 0 Å². The Kier molecular flexibility index (Phi) is 6.02. The molecule has 0 bridgehead atoms. The zero-order chi connectivity index (χ0) is 38.4. The molecular weight excluding hydrogens is 703 g/mol. The van der Waals surface area contributed by atoms with E-state index < -0.39 is 0 Å². The summed E-state index contributed by atoms with van der Waals surface area (Å²) in [5.41, 5.74) is 18.5. The molecule has 0 fully saturated rings. The third-order valence-corrected chi connectivity index (χ3v) is 12.9. The van der Waals surface area contributed by atoms with Gasteiger partial charge < -0.3 is 9.13 Å². The standard InChI is InChI=1S/C53H29BN4/c1-30-25-39-51-47-32(27-45-49(51)37-11-3-5-15-43(37)57(45)35-21-17-31(29-55)18-22-35)9-7-13-41(47)54-42-14-8-10-33-28-46-50(52(48(33)42)40(26-30)53(39)54)38-12-4-6-16-44(38)58(46)36-23-19-34(56-2)20-24-36/h3-28H,1H3. The number of hydrogen-bond donors (Lipinski definition) is 0. The molecule has 13 rings (SSSR count). The molecule has 0 saturated carbocycles. The SMILES string of the molecule is [C-]#[N+]c1ccc(-n2c3ccccc3c3c4c5c(cccc5cc32)B2c3c(cc(C)cc3-4)-c3c4c2cccc4cc2c3c3ccccc3n2-c2ccc(C#N)cc2)cc1. The molecule has 0 amide bonds. The molecule has 4 heterocycles. The van der Waals surface area contributed by atoms with Crippen molar-refractivity contribution in [2.75, 3.05) is 0 Å². The molecule has 0 radical (unpaired) electrons. The molecule has 0 unspecified atom stereocenters. The van der Waals surface area contributed by atoms with Crippen LogP contribution in [0.25, 0.3) is 104 Å². The Morgan fingerprint density at radius 3 is 1.53 bits per heavy atom. The molecule has 58 heavy (non-hydrogen) atoms. The van der Waals surface area contributed by atoms with E-state index >= 15 is 0 Å². The molecular formula is C53H29BN4. The van der Waals surface area contributed by atoms with Gasteiger partial charge in [0.25, 0.3) is 0 Å². The van der Waals surface area contributed by atoms with E-state index in [0.29, 0.717) is 11.3 Å². The van der Waals surface area contributed by atoms with Gasteiger partial charge in [0.2, 0.25) is 6.71 Å². The van der Waals surface area contributed by atoms with Crippen LogP contribution in [0.1, 0.15) is 11.1 Å². The molecule has 264 valence electrons. The Morgan fingerprint density at radius 2 is 1.03 bits per heavy atom. The van der Waals surface area contributed by atoms with Gasteiger partial charge >= 0.3 is 0 Å². The van der Waals surface area contributed by atoms with Crippen LogP contribution < -0.4 is 16.4 Å². The van der Waals surface area contributed by atoms with Crippen molar-refractivity contribution in [2.45, 2.75) is 6.92 Å². The summed E-state index contributed by atoms with van der Waals surface area (Å²) >= 11 is 0. The first-order chi connectivity index (χ1) is 28.6. The van der Waals surface area contributed by atoms with Crippen LogP contribution in [0.15, 0.2) is 158 Å². The van der Waals surface area contributed by atoms with Crippen molar-refractivity contribution < 1.29 is 0 Å². The summed E-state index contributed by atoms with van der Waals surface area (Å²) < 4.78 is 4.76. The molecule has 0 atom stereocenters. The Labute approximate surface area is 333 Å². The third-order valence-electron chi connectivity index (χ3n) is 12.9. The first-order valence-corrected chi connectivity index (χ1v) is 19.7. The van der Waals surface area contributed by atoms with Gasteiger partial charge in [-0.3, -0.25) is 0 Å². The van der Waals surface area contributed by atoms with E-state index in [1.54, 1.807) is 0 Å². The second kappa shape index (κ2) is 11.1. The van der Waals surface area contributed by atoms with Crippen molar-refractivity contribution in [1.82, 2.24) is 9.13 Å². The second-order valence-corrected chi connectivity index (χ2v) is 15.9. The molecule has 2 aromatic heterocycles. The van der Waals surface area contributed by atoms with Crippen molar-refractivity contribution in [3.63, 3.8) is 0 Å². The summed E-state index contributed by atoms with van der Waals surface area (Å²) in [7, 11) is 0. The van der Waals surface area contributed by atoms with Crippen LogP contribution in [-0.2, 0) is 0 Å². The highest BCUT2D eigenvalue weighted by Crippen LogP contribution is 2.49. The van der Waals surface area contributed by atoms with E-state index in [1.807, 2.05) is 24.3 Å². The summed E-state index contributed by atoms with van der Waals surface area (Å²) in [6.07, 6.45) is 0. The highest BCUT2D eigenvalue weighted by Gasteiger charge is 2.40. The van der Waals surface area contributed by atoms with Crippen molar-refractivity contribution in [3.05, 3.63) is 180 Å². The Bertz CT molecular complexity index is 3510. The Morgan fingerprint density at radius 1 is 0.534 bits per heavy atom. The number of nitrogens with zero attached hydrogens (tertiary/aromatic N) is 4. The lowest BCUT2D eigenvalue weighted by Crippen LogP contribution is -2.57. The molecule has 0 N–H and O–H groups in total. The van der Waals surface area contributed by atoms with Crippen LogP contribution in [0.3, 0.4) is 0 Å². The minimum atomic E-state index is 0.0642. The monoisotopic (exact) mass is 732 g/mol. The molecule has 0 aliphatic carbocycles. The highest BCUT2D eigenvalue weighted by atomic mass is 15.0. The van der Waals surface area contributed by atoms with E-state index in [-0.39, 0.29) is 6.71 Å². The highest BCUT2D eigenvalue weighted by molar-refractivity contribution is 7.01. The van der Waals surface area contributed by atoms with Gasteiger partial charge in [0.15, 0.2) is 5.69 Å². The van der Waals surface area contributed by atoms with Crippen molar-refractivity contribution >= 4 is 93.9 Å². The first kappa shape index (κ1) is 31.4. The normalized spacial score (nSPS) is 12.5. The van der Waals surface area contributed by atoms with Crippen molar-refractivity contribution in [3.8, 4) is 39.7 Å². The summed E-state index contributed by atoms with van der Waals surface area (Å²) in [5, 5.41) is 19.7. The fourth-order valence-corrected chi connectivity index (χ4v) is 10.8. The predicted molar refractivity (Wildman–Crippen MR) is 241 cm³/mol. The molecule has 0 spiro atoms. The summed E-state index contributed by atoms with van der Waals surface area (Å²) in [4.78, 5) is 3.68. The number of aryl methyl sites for hydroxylation is 1. The van der Waals surface area contributed by atoms with Gasteiger partial charge in [-0.05, 0) is 117 Å². The topological polar surface area (TPSA) is 38.0 Å². The molecule has 2 aliphatic heterocycles. The van der Waals surface area contributed by atoms with E-state index in [4.69, 9.17) is 6.57 Å². The van der Waals surface area contributed by atoms with Crippen LogP contribution in [0.2, 0.25) is 0 Å². The molecule has 4 nitrogen and oxygen atoms in total. The van der Waals surface area contributed by atoms with Crippen LogP contribution >= 0.6 is 0 Å². The Balaban J connectivity index is 1.21. The number of fused-ring (bicyclic) bond motifs is 12. The van der Waals surface area contributed by atoms with Gasteiger partial charge in [-0.1, -0.05) is 113 Å². The average Bonchev–Trinajstić information content (AvgIpc) is 3.78. The molecule has 11 aromatic rings. The largest absolute Gasteiger partial charge is 0.309 e. The zero-order valence-corrected chi connectivity index (χ0v) is 31.4. The second-order valence-electron chi connectivity index (χ2n) is 15.9. The summed E-state index contributed by atoms with van der Waals surface area (Å²) in [6.45, 7) is 9.91. The van der Waals surface area contributed by atoms with Crippen LogP contribution in [0.5, 0.6) is 0 Å².